The van der Waals surface area contributed by atoms with E-state index < -0.39 is 0 Å². The van der Waals surface area contributed by atoms with Crippen LogP contribution in [-0.2, 0) is 11.2 Å². The highest BCUT2D eigenvalue weighted by molar-refractivity contribution is 9.11. The Labute approximate surface area is 114 Å². The highest BCUT2D eigenvalue weighted by Gasteiger charge is 2.41. The number of hydrogen-bond donors (Lipinski definition) is 2. The maximum atomic E-state index is 12.0. The van der Waals surface area contributed by atoms with E-state index in [4.69, 9.17) is 5.73 Å². The molecule has 0 spiro atoms. The summed E-state index contributed by atoms with van der Waals surface area (Å²) in [6.07, 6.45) is 2.80. The zero-order valence-electron chi connectivity index (χ0n) is 9.83. The molecule has 1 fully saturated rings. The molecule has 17 heavy (non-hydrogen) atoms. The first kappa shape index (κ1) is 13.1. The normalized spacial score (nSPS) is 18.8. The molecule has 1 aliphatic rings. The molecule has 1 amide bonds. The van der Waals surface area contributed by atoms with Gasteiger partial charge in [-0.05, 0) is 53.7 Å². The fourth-order valence-corrected chi connectivity index (χ4v) is 3.49. The maximum Gasteiger partial charge on any atom is 0.225 e. The van der Waals surface area contributed by atoms with Gasteiger partial charge in [0.1, 0.15) is 0 Å². The standard InChI is InChI=1S/C12H17BrN2OS/c1-12(7-14,8-2-3-8)15-11(16)6-9-4-5-10(13)17-9/h4-5,8H,2-3,6-7,14H2,1H3,(H,15,16). The Kier molecular flexibility index (Phi) is 3.90. The molecule has 1 saturated carbocycles. The van der Waals surface area contributed by atoms with E-state index in [0.717, 1.165) is 8.66 Å². The monoisotopic (exact) mass is 316 g/mol. The third kappa shape index (κ3) is 3.30. The summed E-state index contributed by atoms with van der Waals surface area (Å²) >= 11 is 5.00. The van der Waals surface area contributed by atoms with Crippen molar-refractivity contribution in [2.45, 2.75) is 31.7 Å². The van der Waals surface area contributed by atoms with Crippen LogP contribution in [0.2, 0.25) is 0 Å². The Bertz CT molecular complexity index is 416. The number of nitrogens with one attached hydrogen (secondary N) is 1. The van der Waals surface area contributed by atoms with Crippen molar-refractivity contribution < 1.29 is 4.79 Å². The second-order valence-corrected chi connectivity index (χ2v) is 7.37. The van der Waals surface area contributed by atoms with Gasteiger partial charge in [0, 0.05) is 11.4 Å². The van der Waals surface area contributed by atoms with Crippen LogP contribution in [0.4, 0.5) is 0 Å². The van der Waals surface area contributed by atoms with Gasteiger partial charge in [-0.1, -0.05) is 0 Å². The lowest BCUT2D eigenvalue weighted by atomic mass is 9.96. The number of rotatable bonds is 5. The van der Waals surface area contributed by atoms with E-state index in [-0.39, 0.29) is 11.4 Å². The number of carbonyl (C=O) groups is 1. The topological polar surface area (TPSA) is 55.1 Å². The Morgan fingerprint density at radius 2 is 2.35 bits per heavy atom. The van der Waals surface area contributed by atoms with Crippen molar-refractivity contribution in [1.82, 2.24) is 5.32 Å². The van der Waals surface area contributed by atoms with Gasteiger partial charge in [0.25, 0.3) is 0 Å². The van der Waals surface area contributed by atoms with Gasteiger partial charge >= 0.3 is 0 Å². The molecule has 1 aliphatic carbocycles. The van der Waals surface area contributed by atoms with E-state index >= 15 is 0 Å². The highest BCUT2D eigenvalue weighted by Crippen LogP contribution is 2.39. The van der Waals surface area contributed by atoms with Crippen molar-refractivity contribution in [1.29, 1.82) is 0 Å². The summed E-state index contributed by atoms with van der Waals surface area (Å²) in [5, 5.41) is 3.09. The van der Waals surface area contributed by atoms with Gasteiger partial charge in [-0.3, -0.25) is 4.79 Å². The molecule has 1 unspecified atom stereocenters. The second kappa shape index (κ2) is 5.08. The maximum absolute atomic E-state index is 12.0. The van der Waals surface area contributed by atoms with Crippen LogP contribution >= 0.6 is 27.3 Å². The van der Waals surface area contributed by atoms with Gasteiger partial charge < -0.3 is 11.1 Å². The molecule has 5 heteroatoms. The van der Waals surface area contributed by atoms with E-state index in [1.807, 2.05) is 19.1 Å². The second-order valence-electron chi connectivity index (χ2n) is 4.83. The number of amides is 1. The van der Waals surface area contributed by atoms with Crippen LogP contribution in [0.25, 0.3) is 0 Å². The molecule has 0 aromatic carbocycles. The van der Waals surface area contributed by atoms with Crippen molar-refractivity contribution in [2.75, 3.05) is 6.54 Å². The van der Waals surface area contributed by atoms with Crippen molar-refractivity contribution in [3.05, 3.63) is 20.8 Å². The van der Waals surface area contributed by atoms with Gasteiger partial charge in [0.05, 0.1) is 15.7 Å². The van der Waals surface area contributed by atoms with Gasteiger partial charge in [-0.2, -0.15) is 0 Å². The van der Waals surface area contributed by atoms with Gasteiger partial charge in [0.2, 0.25) is 5.91 Å². The predicted molar refractivity (Wildman–Crippen MR) is 74.0 cm³/mol. The lowest BCUT2D eigenvalue weighted by Crippen LogP contribution is -2.53. The molecular weight excluding hydrogens is 300 g/mol. The van der Waals surface area contributed by atoms with Gasteiger partial charge in [0.15, 0.2) is 0 Å². The molecule has 0 radical (unpaired) electrons. The number of carbonyl (C=O) groups excluding carboxylic acids is 1. The van der Waals surface area contributed by atoms with E-state index in [1.54, 1.807) is 11.3 Å². The van der Waals surface area contributed by atoms with E-state index in [1.165, 1.54) is 12.8 Å². The number of halogens is 1. The third-order valence-corrected chi connectivity index (χ3v) is 4.91. The summed E-state index contributed by atoms with van der Waals surface area (Å²) in [7, 11) is 0. The third-order valence-electron chi connectivity index (χ3n) is 3.29. The van der Waals surface area contributed by atoms with Crippen molar-refractivity contribution in [3.8, 4) is 0 Å². The predicted octanol–water partition coefficient (Wildman–Crippen LogP) is 2.30. The van der Waals surface area contributed by atoms with Gasteiger partial charge in [-0.15, -0.1) is 11.3 Å². The SMILES string of the molecule is CC(CN)(NC(=O)Cc1ccc(Br)s1)C1CC1. The molecule has 1 atom stereocenters. The molecular formula is C12H17BrN2OS. The Hall–Kier alpha value is -0.390. The molecule has 3 nitrogen and oxygen atoms in total. The van der Waals surface area contributed by atoms with Crippen LogP contribution in [0.15, 0.2) is 15.9 Å². The van der Waals surface area contributed by atoms with Crippen LogP contribution in [0.5, 0.6) is 0 Å². The fourth-order valence-electron chi connectivity index (χ4n) is 2.01. The largest absolute Gasteiger partial charge is 0.349 e. The Morgan fingerprint density at radius 3 is 2.82 bits per heavy atom. The average Bonchev–Trinajstić information content (AvgIpc) is 3.04. The highest BCUT2D eigenvalue weighted by atomic mass is 79.9. The van der Waals surface area contributed by atoms with E-state index in [2.05, 4.69) is 21.2 Å². The summed E-state index contributed by atoms with van der Waals surface area (Å²) in [4.78, 5) is 13.0. The Morgan fingerprint density at radius 1 is 1.65 bits per heavy atom. The molecule has 1 aromatic rings. The average molecular weight is 317 g/mol. The zero-order chi connectivity index (χ0) is 12.5. The summed E-state index contributed by atoms with van der Waals surface area (Å²) < 4.78 is 1.06. The minimum absolute atomic E-state index is 0.0687. The minimum atomic E-state index is -0.217. The molecule has 94 valence electrons. The van der Waals surface area contributed by atoms with Crippen molar-refractivity contribution >= 4 is 33.2 Å². The quantitative estimate of drug-likeness (QED) is 0.875. The number of nitrogens with two attached hydrogens (primary N) is 1. The molecule has 2 rings (SSSR count). The summed E-state index contributed by atoms with van der Waals surface area (Å²) in [6, 6.07) is 3.95. The first-order valence-electron chi connectivity index (χ1n) is 5.79. The summed E-state index contributed by atoms with van der Waals surface area (Å²) in [5.41, 5.74) is 5.56. The first-order chi connectivity index (χ1) is 8.03. The van der Waals surface area contributed by atoms with Crippen LogP contribution in [0.3, 0.4) is 0 Å². The minimum Gasteiger partial charge on any atom is -0.349 e. The van der Waals surface area contributed by atoms with Crippen LogP contribution in [0.1, 0.15) is 24.6 Å². The van der Waals surface area contributed by atoms with Gasteiger partial charge in [-0.25, -0.2) is 0 Å². The molecule has 1 heterocycles. The Balaban J connectivity index is 1.92. The number of thiophene rings is 1. The molecule has 0 aliphatic heterocycles. The fraction of sp³-hybridized carbons (Fsp3) is 0.583. The first-order valence-corrected chi connectivity index (χ1v) is 7.40. The van der Waals surface area contributed by atoms with Crippen LogP contribution < -0.4 is 11.1 Å². The lowest BCUT2D eigenvalue weighted by molar-refractivity contribution is -0.122. The van der Waals surface area contributed by atoms with Crippen molar-refractivity contribution in [2.24, 2.45) is 11.7 Å². The smallest absolute Gasteiger partial charge is 0.225 e. The summed E-state index contributed by atoms with van der Waals surface area (Å²) in [6.45, 7) is 2.56. The molecule has 1 aromatic heterocycles. The van der Waals surface area contributed by atoms with Crippen LogP contribution in [-0.4, -0.2) is 18.0 Å². The van der Waals surface area contributed by atoms with E-state index in [9.17, 15) is 4.79 Å². The lowest BCUT2D eigenvalue weighted by Gasteiger charge is -2.29. The molecule has 3 N–H and O–H groups in total. The molecule has 0 saturated heterocycles. The van der Waals surface area contributed by atoms with Crippen LogP contribution in [0, 0.1) is 5.92 Å². The zero-order valence-corrected chi connectivity index (χ0v) is 12.2. The molecule has 0 bridgehead atoms. The number of hydrogen-bond acceptors (Lipinski definition) is 3. The summed E-state index contributed by atoms with van der Waals surface area (Å²) in [5.74, 6) is 0.630. The van der Waals surface area contributed by atoms with Crippen molar-refractivity contribution in [3.63, 3.8) is 0 Å². The van der Waals surface area contributed by atoms with E-state index in [0.29, 0.717) is 18.9 Å².